The molecule has 1 saturated carbocycles. The predicted molar refractivity (Wildman–Crippen MR) is 102 cm³/mol. The zero-order valence-corrected chi connectivity index (χ0v) is 15.9. The molecule has 2 heterocycles. The van der Waals surface area contributed by atoms with Crippen LogP contribution in [0.5, 0.6) is 0 Å². The van der Waals surface area contributed by atoms with E-state index in [1.54, 1.807) is 6.07 Å². The number of thiophene rings is 1. The van der Waals surface area contributed by atoms with E-state index in [2.05, 4.69) is 5.32 Å². The highest BCUT2D eigenvalue weighted by molar-refractivity contribution is 7.21. The number of amides is 2. The number of hydrogen-bond donors (Lipinski definition) is 1. The van der Waals surface area contributed by atoms with Crippen molar-refractivity contribution < 1.29 is 9.59 Å². The summed E-state index contributed by atoms with van der Waals surface area (Å²) in [6.45, 7) is 1.57. The fourth-order valence-electron chi connectivity index (χ4n) is 3.36. The lowest BCUT2D eigenvalue weighted by molar-refractivity contribution is -0.133. The third-order valence-corrected chi connectivity index (χ3v) is 6.76. The van der Waals surface area contributed by atoms with Crippen LogP contribution in [0.3, 0.4) is 0 Å². The Labute approximate surface area is 160 Å². The molecule has 132 valence electrons. The molecule has 2 fully saturated rings. The number of imide groups is 1. The molecule has 1 aliphatic heterocycles. The van der Waals surface area contributed by atoms with Gasteiger partial charge in [0.05, 0.1) is 16.0 Å². The molecular formula is C18H18Cl2N2O2S. The van der Waals surface area contributed by atoms with Gasteiger partial charge in [0.15, 0.2) is 0 Å². The predicted octanol–water partition coefficient (Wildman–Crippen LogP) is 4.34. The van der Waals surface area contributed by atoms with Gasteiger partial charge in [0.1, 0.15) is 4.88 Å². The molecule has 0 spiro atoms. The number of fused-ring (bicyclic) bond motifs is 1. The van der Waals surface area contributed by atoms with E-state index in [0.29, 0.717) is 26.9 Å². The minimum absolute atomic E-state index is 0.0127. The topological polar surface area (TPSA) is 49.4 Å². The molecule has 7 heteroatoms. The zero-order valence-electron chi connectivity index (χ0n) is 13.6. The van der Waals surface area contributed by atoms with Gasteiger partial charge in [-0.2, -0.15) is 0 Å². The highest BCUT2D eigenvalue weighted by Gasteiger charge is 2.41. The monoisotopic (exact) mass is 396 g/mol. The van der Waals surface area contributed by atoms with Crippen molar-refractivity contribution in [2.24, 2.45) is 5.92 Å². The van der Waals surface area contributed by atoms with E-state index in [4.69, 9.17) is 23.2 Å². The van der Waals surface area contributed by atoms with Gasteiger partial charge in [0.2, 0.25) is 5.91 Å². The first-order valence-electron chi connectivity index (χ1n) is 8.52. The maximum atomic E-state index is 13.2. The van der Waals surface area contributed by atoms with E-state index in [1.807, 2.05) is 12.1 Å². The number of carbonyl (C=O) groups is 2. The molecule has 1 aliphatic carbocycles. The van der Waals surface area contributed by atoms with Crippen LogP contribution in [0.4, 0.5) is 0 Å². The molecular weight excluding hydrogens is 379 g/mol. The Morgan fingerprint density at radius 1 is 1.20 bits per heavy atom. The Morgan fingerprint density at radius 2 is 2.00 bits per heavy atom. The van der Waals surface area contributed by atoms with Gasteiger partial charge in [-0.25, -0.2) is 0 Å². The van der Waals surface area contributed by atoms with Crippen molar-refractivity contribution in [3.05, 3.63) is 33.1 Å². The highest BCUT2D eigenvalue weighted by Crippen LogP contribution is 2.41. The van der Waals surface area contributed by atoms with E-state index in [1.165, 1.54) is 16.2 Å². The van der Waals surface area contributed by atoms with Gasteiger partial charge in [-0.05, 0) is 44.4 Å². The number of nitrogens with one attached hydrogen (secondary N) is 1. The van der Waals surface area contributed by atoms with Gasteiger partial charge in [-0.3, -0.25) is 14.5 Å². The van der Waals surface area contributed by atoms with Crippen molar-refractivity contribution in [3.63, 3.8) is 0 Å². The highest BCUT2D eigenvalue weighted by atomic mass is 35.5. The number of hydrogen-bond acceptors (Lipinski definition) is 4. The van der Waals surface area contributed by atoms with Gasteiger partial charge in [-0.15, -0.1) is 11.3 Å². The van der Waals surface area contributed by atoms with Crippen LogP contribution in [0.1, 0.15) is 35.4 Å². The summed E-state index contributed by atoms with van der Waals surface area (Å²) in [5.41, 5.74) is 0. The summed E-state index contributed by atoms with van der Waals surface area (Å²) in [6.07, 6.45) is 3.54. The van der Waals surface area contributed by atoms with Crippen molar-refractivity contribution >= 4 is 56.4 Å². The van der Waals surface area contributed by atoms with Crippen LogP contribution in [-0.2, 0) is 4.79 Å². The average molecular weight is 397 g/mol. The van der Waals surface area contributed by atoms with Crippen LogP contribution in [0.15, 0.2) is 18.2 Å². The van der Waals surface area contributed by atoms with Gasteiger partial charge in [-0.1, -0.05) is 29.3 Å². The van der Waals surface area contributed by atoms with Crippen LogP contribution in [0.25, 0.3) is 10.1 Å². The van der Waals surface area contributed by atoms with E-state index < -0.39 is 0 Å². The second kappa shape index (κ2) is 6.88. The lowest BCUT2D eigenvalue weighted by Gasteiger charge is -2.28. The van der Waals surface area contributed by atoms with Gasteiger partial charge < -0.3 is 5.32 Å². The number of piperidine rings is 1. The number of rotatable bonds is 3. The molecule has 2 aromatic rings. The minimum Gasteiger partial charge on any atom is -0.316 e. The third kappa shape index (κ3) is 3.19. The quantitative estimate of drug-likeness (QED) is 0.784. The number of carbonyl (C=O) groups excluding carboxylic acids is 2. The molecule has 4 nitrogen and oxygen atoms in total. The maximum Gasteiger partial charge on any atom is 0.272 e. The van der Waals surface area contributed by atoms with Crippen LogP contribution >= 0.6 is 34.5 Å². The fourth-order valence-corrected chi connectivity index (χ4v) is 5.24. The Bertz CT molecular complexity index is 841. The molecule has 1 aromatic heterocycles. The molecule has 1 unspecified atom stereocenters. The molecule has 1 aromatic carbocycles. The summed E-state index contributed by atoms with van der Waals surface area (Å²) in [7, 11) is 0. The summed E-state index contributed by atoms with van der Waals surface area (Å²) in [5.74, 6) is -0.477. The molecule has 2 aliphatic rings. The molecule has 1 atom stereocenters. The minimum atomic E-state index is -0.277. The SMILES string of the molecule is O=C(c1sc2cccc(Cl)c2c1Cl)N(C(=O)C1CCCNC1)C1CC1. The lowest BCUT2D eigenvalue weighted by atomic mass is 9.98. The third-order valence-electron chi connectivity index (χ3n) is 4.81. The van der Waals surface area contributed by atoms with Crippen molar-refractivity contribution in [3.8, 4) is 0 Å². The molecule has 1 N–H and O–H groups in total. The van der Waals surface area contributed by atoms with E-state index in [0.717, 1.165) is 36.9 Å². The second-order valence-corrected chi connectivity index (χ2v) is 8.48. The summed E-state index contributed by atoms with van der Waals surface area (Å²) in [4.78, 5) is 28.0. The summed E-state index contributed by atoms with van der Waals surface area (Å²) < 4.78 is 0.864. The number of benzene rings is 1. The Balaban J connectivity index is 1.69. The summed E-state index contributed by atoms with van der Waals surface area (Å²) >= 11 is 14.0. The lowest BCUT2D eigenvalue weighted by Crippen LogP contribution is -2.46. The van der Waals surface area contributed by atoms with Crippen molar-refractivity contribution in [2.45, 2.75) is 31.7 Å². The molecule has 4 rings (SSSR count). The smallest absolute Gasteiger partial charge is 0.272 e. The standard InChI is InChI=1S/C18H18Cl2N2O2S/c19-12-4-1-5-13-14(12)15(20)16(25-13)18(24)22(11-6-7-11)17(23)10-3-2-8-21-9-10/h1,4-5,10-11,21H,2-3,6-9H2. The molecule has 1 saturated heterocycles. The number of nitrogens with zero attached hydrogens (tertiary/aromatic N) is 1. The van der Waals surface area contributed by atoms with E-state index in [-0.39, 0.29) is 23.8 Å². The van der Waals surface area contributed by atoms with Crippen LogP contribution in [0, 0.1) is 5.92 Å². The Kier molecular flexibility index (Phi) is 4.75. The number of halogens is 2. The van der Waals surface area contributed by atoms with Crippen LogP contribution < -0.4 is 5.32 Å². The van der Waals surface area contributed by atoms with Crippen molar-refractivity contribution in [1.82, 2.24) is 10.2 Å². The molecule has 0 radical (unpaired) electrons. The van der Waals surface area contributed by atoms with Crippen LogP contribution in [-0.4, -0.2) is 35.8 Å². The molecule has 25 heavy (non-hydrogen) atoms. The molecule has 2 amide bonds. The average Bonchev–Trinajstić information content (AvgIpc) is 3.39. The van der Waals surface area contributed by atoms with Gasteiger partial charge >= 0.3 is 0 Å². The normalized spacial score (nSPS) is 20.6. The first kappa shape index (κ1) is 17.3. The van der Waals surface area contributed by atoms with Crippen molar-refractivity contribution in [2.75, 3.05) is 13.1 Å². The largest absolute Gasteiger partial charge is 0.316 e. The first-order chi connectivity index (χ1) is 12.1. The fraction of sp³-hybridized carbons (Fsp3) is 0.444. The summed E-state index contributed by atoms with van der Waals surface area (Å²) in [5, 5.41) is 4.83. The first-order valence-corrected chi connectivity index (χ1v) is 10.1. The maximum absolute atomic E-state index is 13.2. The molecule has 0 bridgehead atoms. The van der Waals surface area contributed by atoms with Crippen LogP contribution in [0.2, 0.25) is 10.0 Å². The van der Waals surface area contributed by atoms with E-state index >= 15 is 0 Å². The Morgan fingerprint density at radius 3 is 2.64 bits per heavy atom. The van der Waals surface area contributed by atoms with Gasteiger partial charge in [0.25, 0.3) is 5.91 Å². The summed E-state index contributed by atoms with van der Waals surface area (Å²) in [6, 6.07) is 5.50. The second-order valence-electron chi connectivity index (χ2n) is 6.65. The Hall–Kier alpha value is -1.14. The van der Waals surface area contributed by atoms with Crippen molar-refractivity contribution in [1.29, 1.82) is 0 Å². The zero-order chi connectivity index (χ0) is 17.6. The van der Waals surface area contributed by atoms with Gasteiger partial charge in [0, 0.05) is 22.7 Å². The van der Waals surface area contributed by atoms with E-state index in [9.17, 15) is 9.59 Å².